The Hall–Kier alpha value is -1.37. The first-order valence-corrected chi connectivity index (χ1v) is 7.61. The van der Waals surface area contributed by atoms with E-state index in [-0.39, 0.29) is 12.1 Å². The highest BCUT2D eigenvalue weighted by Crippen LogP contribution is 2.30. The van der Waals surface area contributed by atoms with E-state index in [9.17, 15) is 0 Å². The van der Waals surface area contributed by atoms with Gasteiger partial charge in [0.2, 0.25) is 0 Å². The van der Waals surface area contributed by atoms with Gasteiger partial charge in [0.15, 0.2) is 0 Å². The Kier molecular flexibility index (Phi) is 5.17. The van der Waals surface area contributed by atoms with E-state index >= 15 is 0 Å². The van der Waals surface area contributed by atoms with Crippen LogP contribution < -0.4 is 5.73 Å². The van der Waals surface area contributed by atoms with Crippen LogP contribution in [-0.4, -0.2) is 24.0 Å². The van der Waals surface area contributed by atoms with Crippen LogP contribution in [0.4, 0.5) is 0 Å². The lowest BCUT2D eigenvalue weighted by molar-refractivity contribution is 0.165. The van der Waals surface area contributed by atoms with E-state index in [0.717, 1.165) is 25.1 Å². The van der Waals surface area contributed by atoms with Crippen molar-refractivity contribution in [2.45, 2.75) is 45.2 Å². The molecule has 0 spiro atoms. The van der Waals surface area contributed by atoms with E-state index in [4.69, 9.17) is 11.0 Å². The summed E-state index contributed by atoms with van der Waals surface area (Å²) in [5.74, 6) is 0.627. The number of likely N-dealkylation sites (tertiary alicyclic amines) is 1. The number of benzene rings is 1. The van der Waals surface area contributed by atoms with Gasteiger partial charge in [0, 0.05) is 18.6 Å². The van der Waals surface area contributed by atoms with Crippen molar-refractivity contribution in [3.8, 4) is 6.07 Å². The second-order valence-electron chi connectivity index (χ2n) is 6.23. The predicted molar refractivity (Wildman–Crippen MR) is 82.1 cm³/mol. The third-order valence-corrected chi connectivity index (χ3v) is 3.99. The number of nitrogens with two attached hydrogens (primary N) is 1. The van der Waals surface area contributed by atoms with E-state index in [1.54, 1.807) is 0 Å². The topological polar surface area (TPSA) is 53.0 Å². The van der Waals surface area contributed by atoms with Crippen LogP contribution in [0.5, 0.6) is 0 Å². The highest BCUT2D eigenvalue weighted by atomic mass is 15.2. The Morgan fingerprint density at radius 1 is 1.40 bits per heavy atom. The average molecular weight is 271 g/mol. The molecule has 1 heterocycles. The summed E-state index contributed by atoms with van der Waals surface area (Å²) in [6.45, 7) is 6.67. The monoisotopic (exact) mass is 271 g/mol. The molecule has 1 aromatic carbocycles. The second kappa shape index (κ2) is 6.88. The van der Waals surface area contributed by atoms with Gasteiger partial charge in [-0.25, -0.2) is 0 Å². The highest BCUT2D eigenvalue weighted by molar-refractivity contribution is 5.35. The fourth-order valence-corrected chi connectivity index (χ4v) is 3.19. The lowest BCUT2D eigenvalue weighted by atomic mass is 9.94. The Morgan fingerprint density at radius 3 is 2.90 bits per heavy atom. The molecule has 2 unspecified atom stereocenters. The Bertz CT molecular complexity index is 475. The Morgan fingerprint density at radius 2 is 2.20 bits per heavy atom. The van der Waals surface area contributed by atoms with Crippen molar-refractivity contribution in [2.24, 2.45) is 11.7 Å². The van der Waals surface area contributed by atoms with Crippen molar-refractivity contribution < 1.29 is 0 Å². The third kappa shape index (κ3) is 3.59. The van der Waals surface area contributed by atoms with Gasteiger partial charge in [0.25, 0.3) is 0 Å². The van der Waals surface area contributed by atoms with Gasteiger partial charge in [-0.15, -0.1) is 0 Å². The molecular weight excluding hydrogens is 246 g/mol. The molecule has 0 aromatic heterocycles. The molecule has 0 amide bonds. The maximum absolute atomic E-state index is 9.10. The zero-order valence-electron chi connectivity index (χ0n) is 12.5. The van der Waals surface area contributed by atoms with Crippen LogP contribution in [0, 0.1) is 17.2 Å². The molecule has 108 valence electrons. The number of hydrogen-bond donors (Lipinski definition) is 1. The molecule has 1 aromatic rings. The van der Waals surface area contributed by atoms with Crippen molar-refractivity contribution in [1.29, 1.82) is 5.26 Å². The molecule has 0 saturated carbocycles. The highest BCUT2D eigenvalue weighted by Gasteiger charge is 2.29. The number of rotatable bonds is 3. The fourth-order valence-electron chi connectivity index (χ4n) is 3.19. The van der Waals surface area contributed by atoms with Crippen molar-refractivity contribution >= 4 is 0 Å². The first-order valence-electron chi connectivity index (χ1n) is 7.61. The van der Waals surface area contributed by atoms with E-state index < -0.39 is 0 Å². The van der Waals surface area contributed by atoms with Crippen molar-refractivity contribution in [2.75, 3.05) is 13.1 Å². The van der Waals surface area contributed by atoms with Gasteiger partial charge in [-0.3, -0.25) is 4.90 Å². The first-order chi connectivity index (χ1) is 9.61. The van der Waals surface area contributed by atoms with Crippen LogP contribution in [0.1, 0.15) is 50.3 Å². The molecule has 0 bridgehead atoms. The van der Waals surface area contributed by atoms with Crippen LogP contribution in [0.2, 0.25) is 0 Å². The number of hydrogen-bond acceptors (Lipinski definition) is 3. The van der Waals surface area contributed by atoms with Gasteiger partial charge < -0.3 is 5.73 Å². The average Bonchev–Trinajstić information content (AvgIpc) is 2.60. The molecule has 2 rings (SSSR count). The van der Waals surface area contributed by atoms with Gasteiger partial charge in [-0.1, -0.05) is 32.4 Å². The lowest BCUT2D eigenvalue weighted by Crippen LogP contribution is -2.41. The summed E-state index contributed by atoms with van der Waals surface area (Å²) in [7, 11) is 0. The van der Waals surface area contributed by atoms with Gasteiger partial charge in [0.05, 0.1) is 11.6 Å². The maximum atomic E-state index is 9.10. The van der Waals surface area contributed by atoms with Gasteiger partial charge >= 0.3 is 0 Å². The van der Waals surface area contributed by atoms with Crippen molar-refractivity contribution in [1.82, 2.24) is 4.90 Å². The summed E-state index contributed by atoms with van der Waals surface area (Å²) in [5, 5.41) is 9.10. The van der Waals surface area contributed by atoms with Gasteiger partial charge in [-0.05, 0) is 43.0 Å². The summed E-state index contributed by atoms with van der Waals surface area (Å²) in [6, 6.07) is 10.6. The van der Waals surface area contributed by atoms with E-state index in [1.807, 2.05) is 18.2 Å². The zero-order chi connectivity index (χ0) is 14.5. The van der Waals surface area contributed by atoms with Gasteiger partial charge in [0.1, 0.15) is 0 Å². The molecule has 3 nitrogen and oxygen atoms in total. The molecular formula is C17H25N3. The Balaban J connectivity index is 2.32. The van der Waals surface area contributed by atoms with E-state index in [0.29, 0.717) is 5.92 Å². The SMILES string of the molecule is CC(C)CN1CCCCC(N)C1c1cccc(C#N)c1. The predicted octanol–water partition coefficient (Wildman–Crippen LogP) is 3.07. The van der Waals surface area contributed by atoms with Crippen molar-refractivity contribution in [3.63, 3.8) is 0 Å². The molecule has 3 heteroatoms. The molecule has 1 saturated heterocycles. The second-order valence-corrected chi connectivity index (χ2v) is 6.23. The van der Waals surface area contributed by atoms with Crippen LogP contribution in [-0.2, 0) is 0 Å². The third-order valence-electron chi connectivity index (χ3n) is 3.99. The van der Waals surface area contributed by atoms with Crippen LogP contribution in [0.3, 0.4) is 0 Å². The van der Waals surface area contributed by atoms with Crippen LogP contribution in [0.25, 0.3) is 0 Å². The summed E-state index contributed by atoms with van der Waals surface area (Å²) in [6.07, 6.45) is 3.48. The van der Waals surface area contributed by atoms with E-state index in [1.165, 1.54) is 18.4 Å². The molecule has 2 atom stereocenters. The minimum atomic E-state index is 0.158. The van der Waals surface area contributed by atoms with Gasteiger partial charge in [-0.2, -0.15) is 5.26 Å². The summed E-state index contributed by atoms with van der Waals surface area (Å²) >= 11 is 0. The lowest BCUT2D eigenvalue weighted by Gasteiger charge is -2.35. The molecule has 0 radical (unpaired) electrons. The minimum Gasteiger partial charge on any atom is -0.326 e. The quantitative estimate of drug-likeness (QED) is 0.919. The smallest absolute Gasteiger partial charge is 0.0991 e. The first kappa shape index (κ1) is 15.0. The molecule has 1 aliphatic rings. The summed E-state index contributed by atoms with van der Waals surface area (Å²) in [5.41, 5.74) is 8.36. The molecule has 2 N–H and O–H groups in total. The van der Waals surface area contributed by atoms with Crippen LogP contribution >= 0.6 is 0 Å². The molecule has 1 fully saturated rings. The Labute approximate surface area is 122 Å². The summed E-state index contributed by atoms with van der Waals surface area (Å²) < 4.78 is 0. The molecule has 0 aliphatic carbocycles. The molecule has 1 aliphatic heterocycles. The number of nitriles is 1. The minimum absolute atomic E-state index is 0.158. The van der Waals surface area contributed by atoms with Crippen LogP contribution in [0.15, 0.2) is 24.3 Å². The largest absolute Gasteiger partial charge is 0.326 e. The molecule has 20 heavy (non-hydrogen) atoms. The van der Waals surface area contributed by atoms with E-state index in [2.05, 4.69) is 30.9 Å². The zero-order valence-corrected chi connectivity index (χ0v) is 12.5. The van der Waals surface area contributed by atoms with Crippen molar-refractivity contribution in [3.05, 3.63) is 35.4 Å². The number of nitrogens with zero attached hydrogens (tertiary/aromatic N) is 2. The maximum Gasteiger partial charge on any atom is 0.0991 e. The normalized spacial score (nSPS) is 24.4. The standard InChI is InChI=1S/C17H25N3/c1-13(2)12-20-9-4-3-8-16(19)17(20)15-7-5-6-14(10-15)11-18/h5-7,10,13,16-17H,3-4,8-9,12,19H2,1-2H3. The fraction of sp³-hybridized carbons (Fsp3) is 0.588. The summed E-state index contributed by atoms with van der Waals surface area (Å²) in [4.78, 5) is 2.51.